The van der Waals surface area contributed by atoms with E-state index >= 15 is 0 Å². The van der Waals surface area contributed by atoms with Gasteiger partial charge < -0.3 is 9.88 Å². The lowest BCUT2D eigenvalue weighted by Gasteiger charge is -2.26. The minimum Gasteiger partial charge on any atom is -0.360 e. The number of fused-ring (bicyclic) bond motifs is 2. The van der Waals surface area contributed by atoms with Crippen molar-refractivity contribution < 1.29 is 9.72 Å². The number of thiophene rings is 1. The molecule has 0 saturated carbocycles. The largest absolute Gasteiger partial charge is 0.360 e. The van der Waals surface area contributed by atoms with Crippen molar-refractivity contribution in [2.45, 2.75) is 13.0 Å². The Kier molecular flexibility index (Phi) is 3.16. The lowest BCUT2D eigenvalue weighted by molar-refractivity contribution is -0.384. The molecule has 1 aliphatic heterocycles. The first-order valence-corrected chi connectivity index (χ1v) is 8.11. The zero-order valence-corrected chi connectivity index (χ0v) is 12.9. The van der Waals surface area contributed by atoms with Crippen molar-refractivity contribution in [3.63, 3.8) is 0 Å². The molecule has 3 heterocycles. The van der Waals surface area contributed by atoms with E-state index in [4.69, 9.17) is 0 Å². The molecule has 0 spiro atoms. The van der Waals surface area contributed by atoms with Crippen LogP contribution in [0.3, 0.4) is 0 Å². The van der Waals surface area contributed by atoms with E-state index in [1.54, 1.807) is 23.6 Å². The number of nitro benzene ring substituents is 1. The van der Waals surface area contributed by atoms with Crippen LogP contribution in [0.15, 0.2) is 35.8 Å². The summed E-state index contributed by atoms with van der Waals surface area (Å²) in [6, 6.07) is 6.59. The van der Waals surface area contributed by atoms with Gasteiger partial charge in [0.05, 0.1) is 16.0 Å². The minimum absolute atomic E-state index is 0.0132. The standard InChI is InChI=1S/C16H13N3O3S/c20-16(18-5-3-15-10(9-18)4-6-23-15)13-8-17-14-7-11(19(21)22)1-2-12(13)14/h1-2,4,6-8,17H,3,5,9H2. The molecule has 0 aliphatic carbocycles. The van der Waals surface area contributed by atoms with Gasteiger partial charge in [-0.3, -0.25) is 14.9 Å². The van der Waals surface area contributed by atoms with E-state index in [1.165, 1.54) is 22.6 Å². The Bertz CT molecular complexity index is 928. The predicted octanol–water partition coefficient (Wildman–Crippen LogP) is 3.34. The second kappa shape index (κ2) is 5.20. The van der Waals surface area contributed by atoms with Crippen molar-refractivity contribution in [3.8, 4) is 0 Å². The van der Waals surface area contributed by atoms with Gasteiger partial charge in [-0.2, -0.15) is 0 Å². The van der Waals surface area contributed by atoms with E-state index in [0.29, 0.717) is 24.2 Å². The van der Waals surface area contributed by atoms with Crippen LogP contribution in [0, 0.1) is 10.1 Å². The summed E-state index contributed by atoms with van der Waals surface area (Å²) >= 11 is 1.74. The van der Waals surface area contributed by atoms with Crippen LogP contribution in [-0.2, 0) is 13.0 Å². The van der Waals surface area contributed by atoms with E-state index < -0.39 is 4.92 Å². The number of carbonyl (C=O) groups is 1. The van der Waals surface area contributed by atoms with Crippen LogP contribution in [0.4, 0.5) is 5.69 Å². The SMILES string of the molecule is O=C(c1c[nH]c2cc([N+](=O)[O-])ccc12)N1CCc2sccc2C1. The Morgan fingerprint density at radius 1 is 1.35 bits per heavy atom. The fraction of sp³-hybridized carbons (Fsp3) is 0.188. The molecule has 23 heavy (non-hydrogen) atoms. The number of hydrogen-bond acceptors (Lipinski definition) is 4. The highest BCUT2D eigenvalue weighted by atomic mass is 32.1. The second-order valence-electron chi connectivity index (χ2n) is 5.54. The Morgan fingerprint density at radius 2 is 2.22 bits per heavy atom. The molecule has 1 amide bonds. The number of amides is 1. The number of non-ortho nitro benzene ring substituents is 1. The maximum Gasteiger partial charge on any atom is 0.271 e. The molecule has 3 aromatic rings. The zero-order valence-electron chi connectivity index (χ0n) is 12.1. The van der Waals surface area contributed by atoms with Crippen LogP contribution in [0.5, 0.6) is 0 Å². The van der Waals surface area contributed by atoms with Crippen LogP contribution in [0.2, 0.25) is 0 Å². The molecule has 7 heteroatoms. The third-order valence-electron chi connectivity index (χ3n) is 4.20. The number of hydrogen-bond donors (Lipinski definition) is 1. The van der Waals surface area contributed by atoms with E-state index in [1.807, 2.05) is 4.90 Å². The van der Waals surface area contributed by atoms with Crippen molar-refractivity contribution >= 4 is 33.8 Å². The predicted molar refractivity (Wildman–Crippen MR) is 87.7 cm³/mol. The van der Waals surface area contributed by atoms with Gasteiger partial charge in [0.25, 0.3) is 11.6 Å². The Balaban J connectivity index is 1.67. The van der Waals surface area contributed by atoms with Crippen LogP contribution >= 0.6 is 11.3 Å². The van der Waals surface area contributed by atoms with Gasteiger partial charge in [0.2, 0.25) is 0 Å². The number of benzene rings is 1. The molecule has 0 fully saturated rings. The summed E-state index contributed by atoms with van der Waals surface area (Å²) in [6.45, 7) is 1.32. The molecule has 2 aromatic heterocycles. The lowest BCUT2D eigenvalue weighted by atomic mass is 10.1. The number of aromatic amines is 1. The average Bonchev–Trinajstić information content (AvgIpc) is 3.19. The van der Waals surface area contributed by atoms with Crippen LogP contribution < -0.4 is 0 Å². The summed E-state index contributed by atoms with van der Waals surface area (Å²) in [6.07, 6.45) is 2.52. The number of nitrogens with one attached hydrogen (secondary N) is 1. The highest BCUT2D eigenvalue weighted by molar-refractivity contribution is 7.10. The van der Waals surface area contributed by atoms with Gasteiger partial charge >= 0.3 is 0 Å². The highest BCUT2D eigenvalue weighted by Crippen LogP contribution is 2.28. The molecule has 4 rings (SSSR count). The van der Waals surface area contributed by atoms with E-state index in [9.17, 15) is 14.9 Å². The van der Waals surface area contributed by atoms with Gasteiger partial charge in [0.15, 0.2) is 0 Å². The number of carbonyl (C=O) groups excluding carboxylic acids is 1. The molecule has 1 aromatic carbocycles. The zero-order chi connectivity index (χ0) is 16.0. The summed E-state index contributed by atoms with van der Waals surface area (Å²) in [5.74, 6) is -0.0399. The summed E-state index contributed by atoms with van der Waals surface area (Å²) in [5.41, 5.74) is 2.40. The van der Waals surface area contributed by atoms with E-state index in [-0.39, 0.29) is 11.6 Å². The Morgan fingerprint density at radius 3 is 3.04 bits per heavy atom. The third-order valence-corrected chi connectivity index (χ3v) is 5.22. The molecule has 6 nitrogen and oxygen atoms in total. The summed E-state index contributed by atoms with van der Waals surface area (Å²) in [7, 11) is 0. The van der Waals surface area contributed by atoms with Crippen molar-refractivity contribution in [2.75, 3.05) is 6.54 Å². The molecule has 1 aliphatic rings. The fourth-order valence-corrected chi connectivity index (χ4v) is 3.89. The maximum absolute atomic E-state index is 12.8. The molecule has 0 radical (unpaired) electrons. The van der Waals surface area contributed by atoms with Gasteiger partial charge in [-0.1, -0.05) is 0 Å². The first-order valence-electron chi connectivity index (χ1n) is 7.23. The first-order chi connectivity index (χ1) is 11.1. The van der Waals surface area contributed by atoms with Gasteiger partial charge in [0.1, 0.15) is 0 Å². The molecule has 1 N–H and O–H groups in total. The summed E-state index contributed by atoms with van der Waals surface area (Å²) in [5, 5.41) is 13.6. The maximum atomic E-state index is 12.8. The monoisotopic (exact) mass is 327 g/mol. The highest BCUT2D eigenvalue weighted by Gasteiger charge is 2.24. The van der Waals surface area contributed by atoms with Crippen LogP contribution in [-0.4, -0.2) is 27.3 Å². The molecule has 0 atom stereocenters. The van der Waals surface area contributed by atoms with Gasteiger partial charge in [-0.25, -0.2) is 0 Å². The molecular weight excluding hydrogens is 314 g/mol. The molecule has 116 valence electrons. The van der Waals surface area contributed by atoms with Crippen molar-refractivity contribution in [1.82, 2.24) is 9.88 Å². The Labute approximate surface area is 135 Å². The Hall–Kier alpha value is -2.67. The van der Waals surface area contributed by atoms with Gasteiger partial charge in [-0.05, 0) is 29.5 Å². The number of H-pyrrole nitrogens is 1. The second-order valence-corrected chi connectivity index (χ2v) is 6.54. The lowest BCUT2D eigenvalue weighted by Crippen LogP contribution is -2.35. The van der Waals surface area contributed by atoms with Gasteiger partial charge in [-0.15, -0.1) is 11.3 Å². The van der Waals surface area contributed by atoms with E-state index in [2.05, 4.69) is 16.4 Å². The van der Waals surface area contributed by atoms with Crippen LogP contribution in [0.1, 0.15) is 20.8 Å². The third kappa shape index (κ3) is 2.29. The fourth-order valence-electron chi connectivity index (χ4n) is 3.00. The van der Waals surface area contributed by atoms with Crippen molar-refractivity contribution in [2.24, 2.45) is 0 Å². The quantitative estimate of drug-likeness (QED) is 0.579. The normalized spacial score (nSPS) is 14.0. The number of aromatic nitrogens is 1. The topological polar surface area (TPSA) is 79.2 Å². The summed E-state index contributed by atoms with van der Waals surface area (Å²) < 4.78 is 0. The first kappa shape index (κ1) is 14.0. The average molecular weight is 327 g/mol. The van der Waals surface area contributed by atoms with Crippen LogP contribution in [0.25, 0.3) is 10.9 Å². The summed E-state index contributed by atoms with van der Waals surface area (Å²) in [4.78, 5) is 29.4. The number of nitro groups is 1. The molecule has 0 unspecified atom stereocenters. The van der Waals surface area contributed by atoms with Crippen molar-refractivity contribution in [3.05, 3.63) is 62.0 Å². The molecule has 0 bridgehead atoms. The number of nitrogens with zero attached hydrogens (tertiary/aromatic N) is 2. The minimum atomic E-state index is -0.440. The smallest absolute Gasteiger partial charge is 0.271 e. The molecule has 0 saturated heterocycles. The van der Waals surface area contributed by atoms with Gasteiger partial charge in [0, 0.05) is 41.7 Å². The van der Waals surface area contributed by atoms with E-state index in [0.717, 1.165) is 11.8 Å². The van der Waals surface area contributed by atoms with Crippen molar-refractivity contribution in [1.29, 1.82) is 0 Å². The number of rotatable bonds is 2. The molecular formula is C16H13N3O3S.